The van der Waals surface area contributed by atoms with Crippen molar-refractivity contribution in [2.45, 2.75) is 12.8 Å². The monoisotopic (exact) mass is 293 g/mol. The lowest BCUT2D eigenvalue weighted by Gasteiger charge is -2.01. The minimum atomic E-state index is 0.775. The van der Waals surface area contributed by atoms with E-state index in [1.165, 1.54) is 5.56 Å². The molecule has 0 spiro atoms. The zero-order valence-corrected chi connectivity index (χ0v) is 12.0. The average molecular weight is 294 g/mol. The van der Waals surface area contributed by atoms with Crippen LogP contribution in [0.15, 0.2) is 40.8 Å². The van der Waals surface area contributed by atoms with Crippen LogP contribution >= 0.6 is 11.6 Å². The van der Waals surface area contributed by atoms with E-state index in [1.807, 2.05) is 18.2 Å². The summed E-state index contributed by atoms with van der Waals surface area (Å²) in [5.74, 6) is 1.06. The topological polar surface area (TPSA) is 28.9 Å². The van der Waals surface area contributed by atoms with Gasteiger partial charge in [-0.1, -0.05) is 42.0 Å². The number of H-pyrrole nitrogens is 1. The smallest absolute Gasteiger partial charge is 0.159 e. The fourth-order valence-corrected chi connectivity index (χ4v) is 3.68. The first-order valence-electron chi connectivity index (χ1n) is 7.14. The van der Waals surface area contributed by atoms with Gasteiger partial charge in [0.05, 0.1) is 10.5 Å². The van der Waals surface area contributed by atoms with Crippen molar-refractivity contribution in [3.05, 3.63) is 52.8 Å². The van der Waals surface area contributed by atoms with Gasteiger partial charge in [0.2, 0.25) is 0 Å². The Labute approximate surface area is 126 Å². The van der Waals surface area contributed by atoms with Crippen molar-refractivity contribution in [1.82, 2.24) is 4.98 Å². The summed E-state index contributed by atoms with van der Waals surface area (Å²) in [5.41, 5.74) is 4.19. The molecule has 0 amide bonds. The second-order valence-electron chi connectivity index (χ2n) is 5.54. The predicted octanol–water partition coefficient (Wildman–Crippen LogP) is 5.68. The Morgan fingerprint density at radius 1 is 1.14 bits per heavy atom. The molecule has 0 aliphatic heterocycles. The van der Waals surface area contributed by atoms with Crippen LogP contribution in [0.2, 0.25) is 5.02 Å². The number of hydrogen-bond acceptors (Lipinski definition) is 1. The number of aryl methyl sites for hydroxylation is 1. The number of benzene rings is 2. The minimum absolute atomic E-state index is 0.775. The number of halogens is 1. The summed E-state index contributed by atoms with van der Waals surface area (Å²) in [6.07, 6.45) is 6.34. The number of furan rings is 1. The normalized spacial score (nSPS) is 14.3. The Balaban J connectivity index is 2.05. The molecule has 1 aliphatic rings. The molecule has 0 saturated carbocycles. The molecule has 1 aliphatic carbocycles. The minimum Gasteiger partial charge on any atom is -0.458 e. The highest BCUT2D eigenvalue weighted by Gasteiger charge is 2.20. The third-order valence-corrected chi connectivity index (χ3v) is 4.62. The van der Waals surface area contributed by atoms with Crippen molar-refractivity contribution in [1.29, 1.82) is 0 Å². The third kappa shape index (κ3) is 1.43. The van der Waals surface area contributed by atoms with E-state index in [0.29, 0.717) is 0 Å². The third-order valence-electron chi connectivity index (χ3n) is 4.33. The van der Waals surface area contributed by atoms with Crippen molar-refractivity contribution in [2.75, 3.05) is 0 Å². The lowest BCUT2D eigenvalue weighted by atomic mass is 10.0. The van der Waals surface area contributed by atoms with Crippen LogP contribution in [0, 0.1) is 0 Å². The standard InChI is InChI=1S/C18H12ClNO/c19-13-9-12-10-5-2-4-8-15(10)21-18(12)17-16(13)11-6-1-3-7-14(11)20-17/h1-3,5-7,9,20H,4,8H2. The van der Waals surface area contributed by atoms with Crippen LogP contribution in [-0.2, 0) is 6.42 Å². The lowest BCUT2D eigenvalue weighted by Crippen LogP contribution is -1.88. The zero-order chi connectivity index (χ0) is 14.0. The molecular formula is C18H12ClNO. The van der Waals surface area contributed by atoms with Crippen LogP contribution in [0.5, 0.6) is 0 Å². The molecular weight excluding hydrogens is 282 g/mol. The fourth-order valence-electron chi connectivity index (χ4n) is 3.38. The number of nitrogens with one attached hydrogen (secondary N) is 1. The highest BCUT2D eigenvalue weighted by atomic mass is 35.5. The Bertz CT molecular complexity index is 1050. The molecule has 0 saturated heterocycles. The van der Waals surface area contributed by atoms with E-state index in [4.69, 9.17) is 16.0 Å². The van der Waals surface area contributed by atoms with E-state index >= 15 is 0 Å². The first-order valence-corrected chi connectivity index (χ1v) is 7.51. The number of rotatable bonds is 0. The molecule has 1 N–H and O–H groups in total. The molecule has 3 heteroatoms. The molecule has 21 heavy (non-hydrogen) atoms. The van der Waals surface area contributed by atoms with Gasteiger partial charge in [0.15, 0.2) is 5.58 Å². The molecule has 0 radical (unpaired) electrons. The van der Waals surface area contributed by atoms with Crippen molar-refractivity contribution < 1.29 is 4.42 Å². The highest BCUT2D eigenvalue weighted by Crippen LogP contribution is 2.41. The van der Waals surface area contributed by atoms with Gasteiger partial charge in [0.25, 0.3) is 0 Å². The fraction of sp³-hybridized carbons (Fsp3) is 0.111. The van der Waals surface area contributed by atoms with E-state index in [0.717, 1.165) is 56.4 Å². The maximum atomic E-state index is 6.57. The summed E-state index contributed by atoms with van der Waals surface area (Å²) in [4.78, 5) is 3.47. The Kier molecular flexibility index (Phi) is 2.14. The Morgan fingerprint density at radius 2 is 2.05 bits per heavy atom. The number of aromatic nitrogens is 1. The van der Waals surface area contributed by atoms with Gasteiger partial charge in [-0.25, -0.2) is 0 Å². The summed E-state index contributed by atoms with van der Waals surface area (Å²) in [7, 11) is 0. The molecule has 0 unspecified atom stereocenters. The van der Waals surface area contributed by atoms with Gasteiger partial charge in [-0.2, -0.15) is 0 Å². The second-order valence-corrected chi connectivity index (χ2v) is 5.94. The van der Waals surface area contributed by atoms with Crippen LogP contribution in [-0.4, -0.2) is 4.98 Å². The van der Waals surface area contributed by atoms with Gasteiger partial charge >= 0.3 is 0 Å². The maximum Gasteiger partial charge on any atom is 0.159 e. The largest absolute Gasteiger partial charge is 0.458 e. The first kappa shape index (κ1) is 11.5. The summed E-state index contributed by atoms with van der Waals surface area (Å²) in [6.45, 7) is 0. The van der Waals surface area contributed by atoms with Crippen molar-refractivity contribution in [2.24, 2.45) is 0 Å². The zero-order valence-electron chi connectivity index (χ0n) is 11.2. The van der Waals surface area contributed by atoms with E-state index in [1.54, 1.807) is 0 Å². The number of fused-ring (bicyclic) bond motifs is 7. The van der Waals surface area contributed by atoms with E-state index in [2.05, 4.69) is 29.3 Å². The van der Waals surface area contributed by atoms with E-state index in [9.17, 15) is 0 Å². The molecule has 2 aromatic carbocycles. The molecule has 0 bridgehead atoms. The summed E-state index contributed by atoms with van der Waals surface area (Å²) >= 11 is 6.57. The number of aromatic amines is 1. The molecule has 2 aromatic heterocycles. The van der Waals surface area contributed by atoms with Gasteiger partial charge < -0.3 is 9.40 Å². The van der Waals surface area contributed by atoms with Crippen LogP contribution in [0.25, 0.3) is 38.9 Å². The van der Waals surface area contributed by atoms with Crippen molar-refractivity contribution >= 4 is 50.5 Å². The Hall–Kier alpha value is -2.19. The van der Waals surface area contributed by atoms with Crippen LogP contribution in [0.1, 0.15) is 17.7 Å². The molecule has 2 heterocycles. The molecule has 4 aromatic rings. The Morgan fingerprint density at radius 3 is 3.00 bits per heavy atom. The van der Waals surface area contributed by atoms with Gasteiger partial charge in [-0.15, -0.1) is 0 Å². The first-order chi connectivity index (χ1) is 10.3. The van der Waals surface area contributed by atoms with Crippen molar-refractivity contribution in [3.8, 4) is 0 Å². The maximum absolute atomic E-state index is 6.57. The van der Waals surface area contributed by atoms with E-state index in [-0.39, 0.29) is 0 Å². The van der Waals surface area contributed by atoms with Crippen LogP contribution < -0.4 is 0 Å². The molecule has 0 fully saturated rings. The van der Waals surface area contributed by atoms with Gasteiger partial charge in [-0.05, 0) is 18.6 Å². The number of hydrogen-bond donors (Lipinski definition) is 1. The van der Waals surface area contributed by atoms with Gasteiger partial charge in [0, 0.05) is 33.7 Å². The number of para-hydroxylation sites is 1. The van der Waals surface area contributed by atoms with Gasteiger partial charge in [0.1, 0.15) is 5.76 Å². The number of allylic oxidation sites excluding steroid dienone is 1. The highest BCUT2D eigenvalue weighted by molar-refractivity contribution is 6.40. The SMILES string of the molecule is Clc1cc2c3c(oc2c2[nH]c4ccccc4c12)CCC=C3. The lowest BCUT2D eigenvalue weighted by molar-refractivity contribution is 0.548. The molecule has 2 nitrogen and oxygen atoms in total. The van der Waals surface area contributed by atoms with E-state index < -0.39 is 0 Å². The quantitative estimate of drug-likeness (QED) is 0.444. The van der Waals surface area contributed by atoms with Crippen molar-refractivity contribution in [3.63, 3.8) is 0 Å². The summed E-state index contributed by atoms with van der Waals surface area (Å²) < 4.78 is 6.15. The average Bonchev–Trinajstić information content (AvgIpc) is 3.06. The molecule has 5 rings (SSSR count). The van der Waals surface area contributed by atoms with Crippen LogP contribution in [0.3, 0.4) is 0 Å². The summed E-state index contributed by atoms with van der Waals surface area (Å²) in [6, 6.07) is 10.3. The molecule has 0 atom stereocenters. The summed E-state index contributed by atoms with van der Waals surface area (Å²) in [5, 5.41) is 4.07. The van der Waals surface area contributed by atoms with Crippen LogP contribution in [0.4, 0.5) is 0 Å². The second kappa shape index (κ2) is 3.92. The molecule has 102 valence electrons. The predicted molar refractivity (Wildman–Crippen MR) is 87.9 cm³/mol. The van der Waals surface area contributed by atoms with Gasteiger partial charge in [-0.3, -0.25) is 0 Å².